The summed E-state index contributed by atoms with van der Waals surface area (Å²) in [5.74, 6) is 0.836. The molecule has 0 fully saturated rings. The van der Waals surface area contributed by atoms with Crippen LogP contribution < -0.4 is 4.74 Å². The molecule has 94 valence electrons. The van der Waals surface area contributed by atoms with E-state index in [-0.39, 0.29) is 0 Å². The third-order valence-electron chi connectivity index (χ3n) is 2.53. The number of aromatic nitrogens is 1. The zero-order valence-electron chi connectivity index (χ0n) is 10.2. The molecule has 0 N–H and O–H groups in total. The number of fused-ring (bicyclic) bond motifs is 1. The second-order valence-corrected chi connectivity index (χ2v) is 4.29. The van der Waals surface area contributed by atoms with Gasteiger partial charge in [-0.1, -0.05) is 12.1 Å². The molecule has 1 heterocycles. The predicted molar refractivity (Wildman–Crippen MR) is 71.0 cm³/mol. The molecule has 1 aromatic heterocycles. The van der Waals surface area contributed by atoms with E-state index < -0.39 is 6.09 Å². The lowest BCUT2D eigenvalue weighted by atomic mass is 10.1. The van der Waals surface area contributed by atoms with Crippen molar-refractivity contribution in [3.05, 3.63) is 36.0 Å². The number of carbonyl (C=O) groups is 1. The van der Waals surface area contributed by atoms with Gasteiger partial charge >= 0.3 is 6.09 Å². The number of hydrogen-bond donors (Lipinski definition) is 0. The van der Waals surface area contributed by atoms with Gasteiger partial charge in [0.1, 0.15) is 5.52 Å². The largest absolute Gasteiger partial charge is 0.414 e. The number of ether oxygens (including phenoxy) is 1. The van der Waals surface area contributed by atoms with Crippen molar-refractivity contribution in [2.45, 2.75) is 5.88 Å². The molecule has 2 aromatic rings. The zero-order chi connectivity index (χ0) is 13.1. The van der Waals surface area contributed by atoms with E-state index in [1.165, 1.54) is 4.90 Å². The Bertz CT molecular complexity index is 584. The minimum absolute atomic E-state index is 0.393. The van der Waals surface area contributed by atoms with Crippen molar-refractivity contribution in [2.24, 2.45) is 0 Å². The van der Waals surface area contributed by atoms with Crippen LogP contribution in [0.4, 0.5) is 4.79 Å². The molecule has 0 radical (unpaired) electrons. The topological polar surface area (TPSA) is 42.4 Å². The fourth-order valence-corrected chi connectivity index (χ4v) is 1.82. The molecule has 0 saturated carbocycles. The summed E-state index contributed by atoms with van der Waals surface area (Å²) in [5, 5.41) is 0.900. The molecule has 0 unspecified atom stereocenters. The first kappa shape index (κ1) is 12.6. The van der Waals surface area contributed by atoms with Gasteiger partial charge in [-0.15, -0.1) is 11.6 Å². The van der Waals surface area contributed by atoms with Gasteiger partial charge in [0.05, 0.1) is 0 Å². The minimum atomic E-state index is -0.430. The molecule has 18 heavy (non-hydrogen) atoms. The van der Waals surface area contributed by atoms with Crippen LogP contribution in [0.1, 0.15) is 5.56 Å². The normalized spacial score (nSPS) is 10.4. The molecule has 0 spiro atoms. The summed E-state index contributed by atoms with van der Waals surface area (Å²) in [6.45, 7) is 0. The lowest BCUT2D eigenvalue weighted by molar-refractivity contribution is 0.172. The van der Waals surface area contributed by atoms with E-state index in [9.17, 15) is 4.79 Å². The fourth-order valence-electron chi connectivity index (χ4n) is 1.59. The average Bonchev–Trinajstić information content (AvgIpc) is 2.39. The highest BCUT2D eigenvalue weighted by atomic mass is 35.5. The van der Waals surface area contributed by atoms with Gasteiger partial charge in [-0.05, 0) is 17.7 Å². The molecule has 2 rings (SSSR count). The Morgan fingerprint density at radius 3 is 2.83 bits per heavy atom. The molecule has 1 amide bonds. The second kappa shape index (κ2) is 5.23. The Labute approximate surface area is 110 Å². The Morgan fingerprint density at radius 2 is 2.17 bits per heavy atom. The smallest absolute Gasteiger partial charge is 0.408 e. The van der Waals surface area contributed by atoms with Gasteiger partial charge in [0.2, 0.25) is 0 Å². The first-order valence-corrected chi connectivity index (χ1v) is 5.98. The Hall–Kier alpha value is -1.81. The number of pyridine rings is 1. The first-order chi connectivity index (χ1) is 8.63. The number of nitrogens with zero attached hydrogens (tertiary/aromatic N) is 2. The summed E-state index contributed by atoms with van der Waals surface area (Å²) in [4.78, 5) is 17.2. The minimum Gasteiger partial charge on any atom is -0.408 e. The van der Waals surface area contributed by atoms with Crippen molar-refractivity contribution in [1.29, 1.82) is 0 Å². The van der Waals surface area contributed by atoms with Gasteiger partial charge in [-0.3, -0.25) is 4.98 Å². The van der Waals surface area contributed by atoms with Crippen LogP contribution in [-0.2, 0) is 5.88 Å². The monoisotopic (exact) mass is 264 g/mol. The van der Waals surface area contributed by atoms with E-state index in [1.807, 2.05) is 18.2 Å². The molecule has 0 aliphatic carbocycles. The summed E-state index contributed by atoms with van der Waals surface area (Å²) in [6.07, 6.45) is 1.23. The lowest BCUT2D eigenvalue weighted by Gasteiger charge is -2.13. The molecular weight excluding hydrogens is 252 g/mol. The van der Waals surface area contributed by atoms with Crippen LogP contribution in [0.25, 0.3) is 10.9 Å². The number of amides is 1. The van der Waals surface area contributed by atoms with E-state index in [4.69, 9.17) is 16.3 Å². The van der Waals surface area contributed by atoms with Gasteiger partial charge in [-0.2, -0.15) is 0 Å². The van der Waals surface area contributed by atoms with Crippen LogP contribution in [0.3, 0.4) is 0 Å². The molecule has 0 aliphatic rings. The Balaban J connectivity index is 2.49. The third kappa shape index (κ3) is 2.38. The quantitative estimate of drug-likeness (QED) is 0.783. The second-order valence-electron chi connectivity index (χ2n) is 4.02. The maximum Gasteiger partial charge on any atom is 0.414 e. The van der Waals surface area contributed by atoms with E-state index >= 15 is 0 Å². The van der Waals surface area contributed by atoms with Gasteiger partial charge in [0, 0.05) is 31.6 Å². The van der Waals surface area contributed by atoms with E-state index in [0.29, 0.717) is 17.1 Å². The van der Waals surface area contributed by atoms with Crippen LogP contribution in [0.2, 0.25) is 0 Å². The summed E-state index contributed by atoms with van der Waals surface area (Å²) >= 11 is 5.87. The molecule has 0 bridgehead atoms. The molecular formula is C13H13ClN2O2. The molecule has 0 aliphatic heterocycles. The van der Waals surface area contributed by atoms with Crippen LogP contribution in [0, 0.1) is 0 Å². The zero-order valence-corrected chi connectivity index (χ0v) is 10.9. The highest BCUT2D eigenvalue weighted by molar-refractivity contribution is 6.18. The standard InChI is InChI=1S/C13H13ClN2O2/c1-16(2)13(17)18-11-6-5-9(8-14)10-4-3-7-15-12(10)11/h3-7H,8H2,1-2H3. The number of hydrogen-bond acceptors (Lipinski definition) is 3. The molecule has 4 nitrogen and oxygen atoms in total. The SMILES string of the molecule is CN(C)C(=O)Oc1ccc(CCl)c2cccnc12. The van der Waals surface area contributed by atoms with E-state index in [0.717, 1.165) is 10.9 Å². The molecule has 0 saturated heterocycles. The molecule has 0 atom stereocenters. The van der Waals surface area contributed by atoms with Crippen LogP contribution in [-0.4, -0.2) is 30.1 Å². The van der Waals surface area contributed by atoms with Crippen molar-refractivity contribution in [1.82, 2.24) is 9.88 Å². The van der Waals surface area contributed by atoms with Gasteiger partial charge < -0.3 is 9.64 Å². The predicted octanol–water partition coefficient (Wildman–Crippen LogP) is 3.03. The van der Waals surface area contributed by atoms with E-state index in [2.05, 4.69) is 4.98 Å². The van der Waals surface area contributed by atoms with Gasteiger partial charge in [0.25, 0.3) is 0 Å². The maximum absolute atomic E-state index is 11.6. The van der Waals surface area contributed by atoms with Crippen molar-refractivity contribution in [3.63, 3.8) is 0 Å². The summed E-state index contributed by atoms with van der Waals surface area (Å²) in [6, 6.07) is 7.30. The third-order valence-corrected chi connectivity index (χ3v) is 2.82. The van der Waals surface area contributed by atoms with Crippen molar-refractivity contribution in [3.8, 4) is 5.75 Å². The molecule has 1 aromatic carbocycles. The average molecular weight is 265 g/mol. The van der Waals surface area contributed by atoms with Crippen molar-refractivity contribution < 1.29 is 9.53 Å². The number of benzene rings is 1. The van der Waals surface area contributed by atoms with Gasteiger partial charge in [-0.25, -0.2) is 4.79 Å². The van der Waals surface area contributed by atoms with Crippen LogP contribution >= 0.6 is 11.6 Å². The fraction of sp³-hybridized carbons (Fsp3) is 0.231. The highest BCUT2D eigenvalue weighted by Crippen LogP contribution is 2.27. The Morgan fingerprint density at radius 1 is 1.39 bits per heavy atom. The first-order valence-electron chi connectivity index (χ1n) is 5.45. The van der Waals surface area contributed by atoms with Gasteiger partial charge in [0.15, 0.2) is 5.75 Å². The number of rotatable bonds is 2. The van der Waals surface area contributed by atoms with Crippen LogP contribution in [0.5, 0.6) is 5.75 Å². The summed E-state index contributed by atoms with van der Waals surface area (Å²) in [7, 11) is 3.26. The summed E-state index contributed by atoms with van der Waals surface area (Å²) < 4.78 is 5.27. The summed E-state index contributed by atoms with van der Waals surface area (Å²) in [5.41, 5.74) is 1.61. The number of carbonyl (C=O) groups excluding carboxylic acids is 1. The highest BCUT2D eigenvalue weighted by Gasteiger charge is 2.12. The van der Waals surface area contributed by atoms with Crippen molar-refractivity contribution >= 4 is 28.6 Å². The van der Waals surface area contributed by atoms with Crippen molar-refractivity contribution in [2.75, 3.05) is 14.1 Å². The number of alkyl halides is 1. The van der Waals surface area contributed by atoms with E-state index in [1.54, 1.807) is 26.4 Å². The number of halogens is 1. The van der Waals surface area contributed by atoms with Crippen LogP contribution in [0.15, 0.2) is 30.5 Å². The molecule has 5 heteroatoms. The Kier molecular flexibility index (Phi) is 3.67. The maximum atomic E-state index is 11.6. The lowest BCUT2D eigenvalue weighted by Crippen LogP contribution is -2.25.